The number of amides is 1. The lowest BCUT2D eigenvalue weighted by Crippen LogP contribution is -2.49. The van der Waals surface area contributed by atoms with Gasteiger partial charge in [0.1, 0.15) is 17.3 Å². The van der Waals surface area contributed by atoms with Crippen LogP contribution in [0.25, 0.3) is 6.08 Å². The highest BCUT2D eigenvalue weighted by Gasteiger charge is 2.28. The Morgan fingerprint density at radius 3 is 2.58 bits per heavy atom. The number of ether oxygens (including phenoxy) is 2. The second-order valence-electron chi connectivity index (χ2n) is 8.04. The van der Waals surface area contributed by atoms with Crippen molar-refractivity contribution in [2.24, 2.45) is 0 Å². The fraction of sp³-hybridized carbons (Fsp3) is 0.231. The van der Waals surface area contributed by atoms with Crippen LogP contribution in [0.1, 0.15) is 21.7 Å². The van der Waals surface area contributed by atoms with Crippen LogP contribution in [-0.4, -0.2) is 54.3 Å². The number of hydrogen-bond donors (Lipinski definition) is 0. The number of rotatable bonds is 6. The molecule has 33 heavy (non-hydrogen) atoms. The van der Waals surface area contributed by atoms with Crippen molar-refractivity contribution in [3.63, 3.8) is 0 Å². The van der Waals surface area contributed by atoms with Crippen molar-refractivity contribution in [2.75, 3.05) is 32.8 Å². The molecule has 0 atom stereocenters. The number of piperazine rings is 1. The van der Waals surface area contributed by atoms with Crippen LogP contribution in [0.2, 0.25) is 0 Å². The van der Waals surface area contributed by atoms with Crippen molar-refractivity contribution in [1.82, 2.24) is 9.80 Å². The van der Waals surface area contributed by atoms with E-state index in [1.54, 1.807) is 36.4 Å². The standard InChI is InChI=1S/C26H24N2O5/c29-25(28-12-10-27(11-13-28)17-19-5-2-1-3-6-19)18-32-21-8-9-22-23(15-21)33-24(26(22)30)16-20-7-4-14-31-20/h1-9,14-16H,10-13,17-18H2. The zero-order chi connectivity index (χ0) is 22.6. The Kier molecular flexibility index (Phi) is 5.95. The van der Waals surface area contributed by atoms with Gasteiger partial charge in [0.2, 0.25) is 5.78 Å². The zero-order valence-electron chi connectivity index (χ0n) is 18.1. The van der Waals surface area contributed by atoms with Crippen LogP contribution in [0.4, 0.5) is 0 Å². The number of benzene rings is 2. The minimum absolute atomic E-state index is 0.0507. The summed E-state index contributed by atoms with van der Waals surface area (Å²) in [6, 6.07) is 18.8. The molecular formula is C26H24N2O5. The minimum atomic E-state index is -0.211. The summed E-state index contributed by atoms with van der Waals surface area (Å²) >= 11 is 0. The lowest BCUT2D eigenvalue weighted by atomic mass is 10.1. The van der Waals surface area contributed by atoms with E-state index >= 15 is 0 Å². The lowest BCUT2D eigenvalue weighted by Gasteiger charge is -2.34. The molecule has 0 radical (unpaired) electrons. The molecule has 0 bridgehead atoms. The molecule has 1 fully saturated rings. The number of ketones is 1. The first-order valence-corrected chi connectivity index (χ1v) is 10.9. The Morgan fingerprint density at radius 2 is 1.82 bits per heavy atom. The highest BCUT2D eigenvalue weighted by Crippen LogP contribution is 2.35. The van der Waals surface area contributed by atoms with Gasteiger partial charge in [0, 0.05) is 44.9 Å². The first-order chi connectivity index (χ1) is 16.2. The smallest absolute Gasteiger partial charge is 0.260 e. The number of fused-ring (bicyclic) bond motifs is 1. The van der Waals surface area contributed by atoms with E-state index in [9.17, 15) is 9.59 Å². The Morgan fingerprint density at radius 1 is 1.00 bits per heavy atom. The van der Waals surface area contributed by atoms with Crippen LogP contribution in [0.15, 0.2) is 77.1 Å². The number of hydrogen-bond acceptors (Lipinski definition) is 6. The van der Waals surface area contributed by atoms with E-state index < -0.39 is 0 Å². The number of carbonyl (C=O) groups is 2. The normalized spacial score (nSPS) is 17.2. The molecule has 2 aromatic carbocycles. The Hall–Kier alpha value is -3.84. The van der Waals surface area contributed by atoms with E-state index in [0.717, 1.165) is 19.6 Å². The average Bonchev–Trinajstić information content (AvgIpc) is 3.46. The van der Waals surface area contributed by atoms with Gasteiger partial charge in [-0.15, -0.1) is 0 Å². The van der Waals surface area contributed by atoms with E-state index in [2.05, 4.69) is 17.0 Å². The summed E-state index contributed by atoms with van der Waals surface area (Å²) in [5.41, 5.74) is 1.74. The second kappa shape index (κ2) is 9.34. The first kappa shape index (κ1) is 21.0. The summed E-state index contributed by atoms with van der Waals surface area (Å²) in [5.74, 6) is 1.37. The predicted octanol–water partition coefficient (Wildman–Crippen LogP) is 3.62. The molecule has 0 unspecified atom stereocenters. The van der Waals surface area contributed by atoms with E-state index in [4.69, 9.17) is 13.9 Å². The molecule has 7 heteroatoms. The Labute approximate surface area is 191 Å². The monoisotopic (exact) mass is 444 g/mol. The molecule has 0 spiro atoms. The van der Waals surface area contributed by atoms with Crippen molar-refractivity contribution in [3.05, 3.63) is 89.6 Å². The van der Waals surface area contributed by atoms with Crippen molar-refractivity contribution >= 4 is 17.8 Å². The molecule has 0 N–H and O–H groups in total. The summed E-state index contributed by atoms with van der Waals surface area (Å²) in [7, 11) is 0. The number of Topliss-reactive ketones (excluding diaryl/α,β-unsaturated/α-hetero) is 1. The van der Waals surface area contributed by atoms with Crippen molar-refractivity contribution in [2.45, 2.75) is 6.54 Å². The molecule has 1 amide bonds. The molecule has 0 aliphatic carbocycles. The number of allylic oxidation sites excluding steroid dienone is 1. The van der Waals surface area contributed by atoms with Crippen LogP contribution >= 0.6 is 0 Å². The molecular weight excluding hydrogens is 420 g/mol. The van der Waals surface area contributed by atoms with E-state index in [1.807, 2.05) is 23.1 Å². The van der Waals surface area contributed by atoms with Gasteiger partial charge in [0.05, 0.1) is 11.8 Å². The SMILES string of the molecule is O=C1C(=Cc2ccco2)Oc2cc(OCC(=O)N3CCN(Cc4ccccc4)CC3)ccc21. The maximum Gasteiger partial charge on any atom is 0.260 e. The zero-order valence-corrected chi connectivity index (χ0v) is 18.1. The largest absolute Gasteiger partial charge is 0.484 e. The molecule has 168 valence electrons. The van der Waals surface area contributed by atoms with Crippen LogP contribution in [-0.2, 0) is 11.3 Å². The van der Waals surface area contributed by atoms with Gasteiger partial charge in [0.25, 0.3) is 5.91 Å². The van der Waals surface area contributed by atoms with Crippen LogP contribution in [0.5, 0.6) is 11.5 Å². The van der Waals surface area contributed by atoms with Gasteiger partial charge in [-0.3, -0.25) is 14.5 Å². The van der Waals surface area contributed by atoms with E-state index in [-0.39, 0.29) is 24.1 Å². The van der Waals surface area contributed by atoms with Gasteiger partial charge in [0.15, 0.2) is 12.4 Å². The van der Waals surface area contributed by atoms with Crippen molar-refractivity contribution in [3.8, 4) is 11.5 Å². The van der Waals surface area contributed by atoms with Gasteiger partial charge in [-0.1, -0.05) is 30.3 Å². The number of carbonyl (C=O) groups excluding carboxylic acids is 2. The summed E-state index contributed by atoms with van der Waals surface area (Å²) in [5, 5.41) is 0. The number of nitrogens with zero attached hydrogens (tertiary/aromatic N) is 2. The molecule has 3 aromatic rings. The summed E-state index contributed by atoms with van der Waals surface area (Å²) in [6.45, 7) is 3.86. The van der Waals surface area contributed by atoms with E-state index in [1.165, 1.54) is 11.8 Å². The Balaban J connectivity index is 1.13. The van der Waals surface area contributed by atoms with Crippen LogP contribution < -0.4 is 9.47 Å². The quantitative estimate of drug-likeness (QED) is 0.541. The van der Waals surface area contributed by atoms with Crippen LogP contribution in [0, 0.1) is 0 Å². The van der Waals surface area contributed by atoms with Gasteiger partial charge in [-0.2, -0.15) is 0 Å². The topological polar surface area (TPSA) is 72.2 Å². The molecule has 7 nitrogen and oxygen atoms in total. The molecule has 2 aliphatic rings. The van der Waals surface area contributed by atoms with Crippen LogP contribution in [0.3, 0.4) is 0 Å². The second-order valence-corrected chi connectivity index (χ2v) is 8.04. The predicted molar refractivity (Wildman–Crippen MR) is 122 cm³/mol. The molecule has 1 aromatic heterocycles. The fourth-order valence-corrected chi connectivity index (χ4v) is 3.99. The molecule has 0 saturated carbocycles. The van der Waals surface area contributed by atoms with Gasteiger partial charge < -0.3 is 18.8 Å². The lowest BCUT2D eigenvalue weighted by molar-refractivity contribution is -0.135. The summed E-state index contributed by atoms with van der Waals surface area (Å²) in [6.07, 6.45) is 3.09. The maximum absolute atomic E-state index is 12.6. The highest BCUT2D eigenvalue weighted by atomic mass is 16.5. The van der Waals surface area contributed by atoms with Crippen molar-refractivity contribution < 1.29 is 23.5 Å². The minimum Gasteiger partial charge on any atom is -0.484 e. The summed E-state index contributed by atoms with van der Waals surface area (Å²) < 4.78 is 16.6. The third kappa shape index (κ3) is 4.83. The Bertz CT molecular complexity index is 1160. The highest BCUT2D eigenvalue weighted by molar-refractivity contribution is 6.14. The molecule has 3 heterocycles. The third-order valence-electron chi connectivity index (χ3n) is 5.79. The molecule has 1 saturated heterocycles. The maximum atomic E-state index is 12.6. The molecule has 5 rings (SSSR count). The van der Waals surface area contributed by atoms with Gasteiger partial charge >= 0.3 is 0 Å². The number of furan rings is 1. The van der Waals surface area contributed by atoms with E-state index in [0.29, 0.717) is 35.9 Å². The third-order valence-corrected chi connectivity index (χ3v) is 5.79. The summed E-state index contributed by atoms with van der Waals surface area (Å²) in [4.78, 5) is 29.3. The average molecular weight is 444 g/mol. The molecule has 2 aliphatic heterocycles. The first-order valence-electron chi connectivity index (χ1n) is 10.9. The fourth-order valence-electron chi connectivity index (χ4n) is 3.99. The van der Waals surface area contributed by atoms with Gasteiger partial charge in [-0.25, -0.2) is 0 Å². The van der Waals surface area contributed by atoms with Gasteiger partial charge in [-0.05, 0) is 29.8 Å². The van der Waals surface area contributed by atoms with Crippen molar-refractivity contribution in [1.29, 1.82) is 0 Å².